The molecular formula is C9H11NOS. The van der Waals surface area contributed by atoms with Gasteiger partial charge in [-0.05, 0) is 25.1 Å². The van der Waals surface area contributed by atoms with Crippen LogP contribution in [0.25, 0.3) is 0 Å². The maximum absolute atomic E-state index is 5.41. The summed E-state index contributed by atoms with van der Waals surface area (Å²) in [6.45, 7) is 2.68. The normalized spacial score (nSPS) is 21.3. The number of anilines is 1. The van der Waals surface area contributed by atoms with Crippen LogP contribution in [0.1, 0.15) is 12.5 Å². The fourth-order valence-electron chi connectivity index (χ4n) is 1.32. The van der Waals surface area contributed by atoms with E-state index in [9.17, 15) is 0 Å². The fraction of sp³-hybridized carbons (Fsp3) is 0.333. The molecule has 1 unspecified atom stereocenters. The van der Waals surface area contributed by atoms with Crippen LogP contribution < -0.4 is 5.32 Å². The van der Waals surface area contributed by atoms with Crippen molar-refractivity contribution < 1.29 is 4.74 Å². The highest BCUT2D eigenvalue weighted by Gasteiger charge is 2.13. The maximum Gasteiger partial charge on any atom is 0.125 e. The van der Waals surface area contributed by atoms with Gasteiger partial charge in [0.1, 0.15) is 6.23 Å². The Bertz CT molecular complexity index is 301. The second kappa shape index (κ2) is 2.99. The average molecular weight is 181 g/mol. The van der Waals surface area contributed by atoms with Crippen molar-refractivity contribution in [3.05, 3.63) is 23.8 Å². The van der Waals surface area contributed by atoms with Gasteiger partial charge in [-0.3, -0.25) is 0 Å². The van der Waals surface area contributed by atoms with E-state index in [2.05, 4.69) is 17.9 Å². The molecule has 0 saturated carbocycles. The Kier molecular flexibility index (Phi) is 1.98. The van der Waals surface area contributed by atoms with Crippen LogP contribution in [-0.2, 0) is 11.3 Å². The van der Waals surface area contributed by atoms with Crippen molar-refractivity contribution in [2.45, 2.75) is 24.7 Å². The lowest BCUT2D eigenvalue weighted by Gasteiger charge is -2.24. The molecule has 0 amide bonds. The minimum absolute atomic E-state index is 0.114. The molecule has 0 radical (unpaired) electrons. The second-order valence-electron chi connectivity index (χ2n) is 2.94. The molecule has 1 aromatic rings. The molecule has 64 valence electrons. The Balaban J connectivity index is 2.37. The van der Waals surface area contributed by atoms with Crippen LogP contribution in [0, 0.1) is 0 Å². The van der Waals surface area contributed by atoms with Crippen molar-refractivity contribution in [2.24, 2.45) is 0 Å². The molecule has 0 spiro atoms. The summed E-state index contributed by atoms with van der Waals surface area (Å²) in [5.74, 6) is 0. The quantitative estimate of drug-likeness (QED) is 0.599. The van der Waals surface area contributed by atoms with Gasteiger partial charge in [0.25, 0.3) is 0 Å². The molecule has 0 bridgehead atoms. The van der Waals surface area contributed by atoms with Gasteiger partial charge in [0.05, 0.1) is 6.61 Å². The summed E-state index contributed by atoms with van der Waals surface area (Å²) in [7, 11) is 0. The van der Waals surface area contributed by atoms with Crippen molar-refractivity contribution in [2.75, 3.05) is 5.32 Å². The Morgan fingerprint density at radius 1 is 1.58 bits per heavy atom. The molecule has 3 heteroatoms. The zero-order valence-corrected chi connectivity index (χ0v) is 7.77. The standard InChI is InChI=1S/C9H11NOS/c1-6-10-9-3-2-8(12)4-7(9)5-11-6/h2-4,6,10,12H,5H2,1H3. The van der Waals surface area contributed by atoms with Crippen molar-refractivity contribution in [1.29, 1.82) is 0 Å². The molecule has 2 nitrogen and oxygen atoms in total. The number of hydrogen-bond acceptors (Lipinski definition) is 3. The van der Waals surface area contributed by atoms with Crippen LogP contribution in [0.2, 0.25) is 0 Å². The van der Waals surface area contributed by atoms with E-state index in [1.165, 1.54) is 5.56 Å². The van der Waals surface area contributed by atoms with E-state index in [0.717, 1.165) is 10.6 Å². The summed E-state index contributed by atoms with van der Waals surface area (Å²) >= 11 is 4.26. The topological polar surface area (TPSA) is 21.3 Å². The highest BCUT2D eigenvalue weighted by molar-refractivity contribution is 7.80. The van der Waals surface area contributed by atoms with Crippen LogP contribution in [-0.4, -0.2) is 6.23 Å². The first-order chi connectivity index (χ1) is 5.75. The molecule has 1 N–H and O–H groups in total. The van der Waals surface area contributed by atoms with Gasteiger partial charge in [-0.15, -0.1) is 12.6 Å². The number of nitrogens with one attached hydrogen (secondary N) is 1. The number of benzene rings is 1. The van der Waals surface area contributed by atoms with Crippen LogP contribution in [0.15, 0.2) is 23.1 Å². The van der Waals surface area contributed by atoms with Gasteiger partial charge in [0, 0.05) is 16.1 Å². The summed E-state index contributed by atoms with van der Waals surface area (Å²) in [6.07, 6.45) is 0.114. The minimum atomic E-state index is 0.114. The molecule has 1 heterocycles. The lowest BCUT2D eigenvalue weighted by Crippen LogP contribution is -2.24. The van der Waals surface area contributed by atoms with E-state index < -0.39 is 0 Å². The van der Waals surface area contributed by atoms with E-state index in [1.807, 2.05) is 25.1 Å². The number of rotatable bonds is 0. The summed E-state index contributed by atoms with van der Waals surface area (Å²) < 4.78 is 5.41. The Morgan fingerprint density at radius 2 is 2.42 bits per heavy atom. The van der Waals surface area contributed by atoms with Gasteiger partial charge in [-0.2, -0.15) is 0 Å². The molecule has 0 aliphatic carbocycles. The third-order valence-electron chi connectivity index (χ3n) is 1.94. The van der Waals surface area contributed by atoms with Crippen LogP contribution in [0.5, 0.6) is 0 Å². The van der Waals surface area contributed by atoms with Gasteiger partial charge < -0.3 is 10.1 Å². The smallest absolute Gasteiger partial charge is 0.125 e. The summed E-state index contributed by atoms with van der Waals surface area (Å²) in [5.41, 5.74) is 2.34. The molecule has 2 rings (SSSR count). The zero-order chi connectivity index (χ0) is 8.55. The molecular weight excluding hydrogens is 170 g/mol. The van der Waals surface area contributed by atoms with E-state index in [1.54, 1.807) is 0 Å². The predicted octanol–water partition coefficient (Wildman–Crippen LogP) is 2.26. The molecule has 1 aliphatic rings. The lowest BCUT2D eigenvalue weighted by atomic mass is 10.1. The largest absolute Gasteiger partial charge is 0.360 e. The minimum Gasteiger partial charge on any atom is -0.360 e. The van der Waals surface area contributed by atoms with Crippen LogP contribution in [0.4, 0.5) is 5.69 Å². The Hall–Kier alpha value is -0.670. The average Bonchev–Trinajstić information content (AvgIpc) is 2.05. The highest BCUT2D eigenvalue weighted by atomic mass is 32.1. The van der Waals surface area contributed by atoms with Gasteiger partial charge in [0.15, 0.2) is 0 Å². The third-order valence-corrected chi connectivity index (χ3v) is 2.21. The van der Waals surface area contributed by atoms with Crippen molar-refractivity contribution in [1.82, 2.24) is 0 Å². The number of fused-ring (bicyclic) bond motifs is 1. The van der Waals surface area contributed by atoms with Crippen molar-refractivity contribution in [3.8, 4) is 0 Å². The van der Waals surface area contributed by atoms with Crippen molar-refractivity contribution >= 4 is 18.3 Å². The predicted molar refractivity (Wildman–Crippen MR) is 51.6 cm³/mol. The molecule has 0 saturated heterocycles. The number of thiol groups is 1. The fourth-order valence-corrected chi connectivity index (χ4v) is 1.55. The Morgan fingerprint density at radius 3 is 3.25 bits per heavy atom. The van der Waals surface area contributed by atoms with E-state index >= 15 is 0 Å². The monoisotopic (exact) mass is 181 g/mol. The second-order valence-corrected chi connectivity index (χ2v) is 3.46. The SMILES string of the molecule is CC1Nc2ccc(S)cc2CO1. The molecule has 1 atom stereocenters. The highest BCUT2D eigenvalue weighted by Crippen LogP contribution is 2.25. The summed E-state index contributed by atoms with van der Waals surface area (Å²) in [5, 5.41) is 3.23. The van der Waals surface area contributed by atoms with E-state index in [0.29, 0.717) is 6.61 Å². The summed E-state index contributed by atoms with van der Waals surface area (Å²) in [4.78, 5) is 0.980. The zero-order valence-electron chi connectivity index (χ0n) is 6.87. The van der Waals surface area contributed by atoms with Crippen molar-refractivity contribution in [3.63, 3.8) is 0 Å². The first-order valence-corrected chi connectivity index (χ1v) is 4.40. The molecule has 0 aromatic heterocycles. The van der Waals surface area contributed by atoms with E-state index in [4.69, 9.17) is 4.74 Å². The molecule has 12 heavy (non-hydrogen) atoms. The first-order valence-electron chi connectivity index (χ1n) is 3.96. The maximum atomic E-state index is 5.41. The van der Waals surface area contributed by atoms with Gasteiger partial charge in [0.2, 0.25) is 0 Å². The number of hydrogen-bond donors (Lipinski definition) is 2. The summed E-state index contributed by atoms with van der Waals surface area (Å²) in [6, 6.07) is 6.04. The molecule has 0 fully saturated rings. The van der Waals surface area contributed by atoms with Crippen LogP contribution >= 0.6 is 12.6 Å². The van der Waals surface area contributed by atoms with Gasteiger partial charge in [-0.25, -0.2) is 0 Å². The number of ether oxygens (including phenoxy) is 1. The third kappa shape index (κ3) is 1.42. The van der Waals surface area contributed by atoms with Gasteiger partial charge >= 0.3 is 0 Å². The van der Waals surface area contributed by atoms with Gasteiger partial charge in [-0.1, -0.05) is 0 Å². The Labute approximate surface area is 77.3 Å². The molecule has 1 aromatic carbocycles. The van der Waals surface area contributed by atoms with E-state index in [-0.39, 0.29) is 6.23 Å². The van der Waals surface area contributed by atoms with Crippen LogP contribution in [0.3, 0.4) is 0 Å². The lowest BCUT2D eigenvalue weighted by molar-refractivity contribution is 0.0635. The first kappa shape index (κ1) is 7.95. The molecule has 1 aliphatic heterocycles.